The summed E-state index contributed by atoms with van der Waals surface area (Å²) in [5.41, 5.74) is 0. The van der Waals surface area contributed by atoms with Crippen molar-refractivity contribution in [2.75, 3.05) is 18.1 Å². The molecule has 0 radical (unpaired) electrons. The van der Waals surface area contributed by atoms with Crippen molar-refractivity contribution in [2.45, 2.75) is 53.0 Å². The molecule has 1 atom stereocenters. The summed E-state index contributed by atoms with van der Waals surface area (Å²) in [5.74, 6) is 3.38. The molecule has 1 N–H and O–H groups in total. The molecule has 86 valence electrons. The van der Waals surface area contributed by atoms with E-state index in [0.717, 1.165) is 18.5 Å². The Labute approximate surface area is 94.4 Å². The molecule has 1 nitrogen and oxygen atoms in total. The maximum atomic E-state index is 3.57. The Morgan fingerprint density at radius 1 is 1.14 bits per heavy atom. The quantitative estimate of drug-likeness (QED) is 0.634. The molecule has 0 saturated heterocycles. The van der Waals surface area contributed by atoms with Crippen LogP contribution in [0, 0.1) is 5.92 Å². The predicted octanol–water partition coefficient (Wildman–Crippen LogP) is 3.54. The summed E-state index contributed by atoms with van der Waals surface area (Å²) in [5, 5.41) is 3.57. The summed E-state index contributed by atoms with van der Waals surface area (Å²) >= 11 is 2.05. The van der Waals surface area contributed by atoms with Crippen molar-refractivity contribution in [1.29, 1.82) is 0 Å². The molecule has 0 aromatic heterocycles. The van der Waals surface area contributed by atoms with Crippen LogP contribution in [0.5, 0.6) is 0 Å². The van der Waals surface area contributed by atoms with Crippen LogP contribution in [-0.2, 0) is 0 Å². The summed E-state index contributed by atoms with van der Waals surface area (Å²) in [7, 11) is 0. The summed E-state index contributed by atoms with van der Waals surface area (Å²) in [6, 6.07) is 0.740. The molecule has 0 aromatic carbocycles. The molecule has 0 bridgehead atoms. The Bertz CT molecular complexity index is 115. The third-order valence-electron chi connectivity index (χ3n) is 2.35. The van der Waals surface area contributed by atoms with Gasteiger partial charge in [-0.2, -0.15) is 11.8 Å². The fourth-order valence-corrected chi connectivity index (χ4v) is 2.37. The van der Waals surface area contributed by atoms with Gasteiger partial charge in [-0.05, 0) is 24.6 Å². The number of rotatable bonds is 9. The molecule has 2 heteroatoms. The lowest BCUT2D eigenvalue weighted by molar-refractivity contribution is 0.469. The third-order valence-corrected chi connectivity index (χ3v) is 3.40. The lowest BCUT2D eigenvalue weighted by Crippen LogP contribution is -2.31. The highest BCUT2D eigenvalue weighted by Gasteiger charge is 2.06. The molecule has 0 fully saturated rings. The highest BCUT2D eigenvalue weighted by Crippen LogP contribution is 2.11. The van der Waals surface area contributed by atoms with Gasteiger partial charge in [0.15, 0.2) is 0 Å². The average Bonchev–Trinajstić information content (AvgIpc) is 2.13. The minimum atomic E-state index is 0.740. The topological polar surface area (TPSA) is 12.0 Å². The Morgan fingerprint density at radius 3 is 2.36 bits per heavy atom. The second-order valence-corrected chi connectivity index (χ2v) is 5.56. The van der Waals surface area contributed by atoms with Crippen LogP contribution >= 0.6 is 11.8 Å². The van der Waals surface area contributed by atoms with Gasteiger partial charge in [-0.3, -0.25) is 0 Å². The lowest BCUT2D eigenvalue weighted by Gasteiger charge is -2.17. The van der Waals surface area contributed by atoms with Gasteiger partial charge in [-0.25, -0.2) is 0 Å². The second kappa shape index (κ2) is 9.85. The van der Waals surface area contributed by atoms with Gasteiger partial charge in [0.1, 0.15) is 0 Å². The van der Waals surface area contributed by atoms with Gasteiger partial charge in [0.05, 0.1) is 0 Å². The standard InChI is InChI=1S/C12H27NS/c1-5-13-12(10-14-6-2)9-7-8-11(3)4/h11-13H,5-10H2,1-4H3. The average molecular weight is 217 g/mol. The van der Waals surface area contributed by atoms with Gasteiger partial charge >= 0.3 is 0 Å². The molecule has 0 saturated carbocycles. The number of hydrogen-bond donors (Lipinski definition) is 1. The molecule has 14 heavy (non-hydrogen) atoms. The Balaban J connectivity index is 3.50. The van der Waals surface area contributed by atoms with Gasteiger partial charge in [0.25, 0.3) is 0 Å². The van der Waals surface area contributed by atoms with Crippen LogP contribution in [0.2, 0.25) is 0 Å². The van der Waals surface area contributed by atoms with Crippen molar-refractivity contribution < 1.29 is 0 Å². The van der Waals surface area contributed by atoms with Gasteiger partial charge in [0, 0.05) is 11.8 Å². The summed E-state index contributed by atoms with van der Waals surface area (Å²) < 4.78 is 0. The van der Waals surface area contributed by atoms with Gasteiger partial charge in [-0.1, -0.05) is 40.5 Å². The number of thioether (sulfide) groups is 1. The monoisotopic (exact) mass is 217 g/mol. The maximum absolute atomic E-state index is 3.57. The van der Waals surface area contributed by atoms with Crippen LogP contribution in [0.15, 0.2) is 0 Å². The number of hydrogen-bond acceptors (Lipinski definition) is 2. The summed E-state index contributed by atoms with van der Waals surface area (Å²) in [6.07, 6.45) is 4.09. The first kappa shape index (κ1) is 14.3. The minimum Gasteiger partial charge on any atom is -0.313 e. The molecule has 0 aromatic rings. The molecular formula is C12H27NS. The molecule has 0 amide bonds. The van der Waals surface area contributed by atoms with E-state index in [1.165, 1.54) is 30.8 Å². The smallest absolute Gasteiger partial charge is 0.0158 e. The minimum absolute atomic E-state index is 0.740. The molecule has 0 rings (SSSR count). The zero-order valence-electron chi connectivity index (χ0n) is 10.3. The zero-order valence-corrected chi connectivity index (χ0v) is 11.1. The highest BCUT2D eigenvalue weighted by molar-refractivity contribution is 7.99. The molecule has 0 aliphatic carbocycles. The van der Waals surface area contributed by atoms with Crippen LogP contribution in [0.4, 0.5) is 0 Å². The van der Waals surface area contributed by atoms with E-state index in [4.69, 9.17) is 0 Å². The molecule has 1 unspecified atom stereocenters. The van der Waals surface area contributed by atoms with Crippen molar-refractivity contribution >= 4 is 11.8 Å². The first-order valence-corrected chi connectivity index (χ1v) is 7.17. The van der Waals surface area contributed by atoms with Gasteiger partial charge in [-0.15, -0.1) is 0 Å². The van der Waals surface area contributed by atoms with E-state index in [1.807, 2.05) is 0 Å². The second-order valence-electron chi connectivity index (χ2n) is 4.24. The van der Waals surface area contributed by atoms with E-state index < -0.39 is 0 Å². The lowest BCUT2D eigenvalue weighted by atomic mass is 10.0. The first-order chi connectivity index (χ1) is 6.70. The summed E-state index contributed by atoms with van der Waals surface area (Å²) in [4.78, 5) is 0. The van der Waals surface area contributed by atoms with E-state index in [0.29, 0.717) is 0 Å². The molecule has 0 heterocycles. The fourth-order valence-electron chi connectivity index (χ4n) is 1.57. The largest absolute Gasteiger partial charge is 0.313 e. The summed E-state index contributed by atoms with van der Waals surface area (Å²) in [6.45, 7) is 10.2. The molecule has 0 aliphatic heterocycles. The van der Waals surface area contributed by atoms with E-state index in [9.17, 15) is 0 Å². The van der Waals surface area contributed by atoms with E-state index >= 15 is 0 Å². The normalized spacial score (nSPS) is 13.5. The first-order valence-electron chi connectivity index (χ1n) is 6.01. The highest BCUT2D eigenvalue weighted by atomic mass is 32.2. The number of nitrogens with one attached hydrogen (secondary N) is 1. The molecular weight excluding hydrogens is 190 g/mol. The van der Waals surface area contributed by atoms with Crippen LogP contribution in [0.25, 0.3) is 0 Å². The van der Waals surface area contributed by atoms with Crippen molar-refractivity contribution in [1.82, 2.24) is 5.32 Å². The zero-order chi connectivity index (χ0) is 10.8. The van der Waals surface area contributed by atoms with Crippen LogP contribution in [-0.4, -0.2) is 24.1 Å². The SMILES string of the molecule is CCNC(CCCC(C)C)CSCC. The van der Waals surface area contributed by atoms with Crippen molar-refractivity contribution in [3.05, 3.63) is 0 Å². The molecule has 0 aliphatic rings. The fraction of sp³-hybridized carbons (Fsp3) is 1.00. The van der Waals surface area contributed by atoms with Crippen molar-refractivity contribution in [2.24, 2.45) is 5.92 Å². The Morgan fingerprint density at radius 2 is 1.86 bits per heavy atom. The van der Waals surface area contributed by atoms with E-state index in [-0.39, 0.29) is 0 Å². The van der Waals surface area contributed by atoms with E-state index in [1.54, 1.807) is 0 Å². The third kappa shape index (κ3) is 8.89. The Kier molecular flexibility index (Phi) is 10.1. The Hall–Kier alpha value is 0.310. The van der Waals surface area contributed by atoms with Crippen LogP contribution in [0.3, 0.4) is 0 Å². The van der Waals surface area contributed by atoms with Gasteiger partial charge in [0.2, 0.25) is 0 Å². The van der Waals surface area contributed by atoms with Crippen molar-refractivity contribution in [3.8, 4) is 0 Å². The van der Waals surface area contributed by atoms with Crippen molar-refractivity contribution in [3.63, 3.8) is 0 Å². The molecule has 0 spiro atoms. The van der Waals surface area contributed by atoms with Crippen LogP contribution < -0.4 is 5.32 Å². The van der Waals surface area contributed by atoms with Gasteiger partial charge < -0.3 is 5.32 Å². The maximum Gasteiger partial charge on any atom is 0.0158 e. The van der Waals surface area contributed by atoms with E-state index in [2.05, 4.69) is 44.8 Å². The predicted molar refractivity (Wildman–Crippen MR) is 69.2 cm³/mol. The van der Waals surface area contributed by atoms with Crippen LogP contribution in [0.1, 0.15) is 47.0 Å².